The van der Waals surface area contributed by atoms with Gasteiger partial charge in [0.25, 0.3) is 5.56 Å². The average molecular weight is 321 g/mol. The topological polar surface area (TPSA) is 31.2 Å². The van der Waals surface area contributed by atoms with E-state index in [-0.39, 0.29) is 11.2 Å². The molecule has 0 aliphatic rings. The van der Waals surface area contributed by atoms with Crippen LogP contribution in [0.15, 0.2) is 23.1 Å². The molecular formula is C11H16INO2. The number of pyridine rings is 1. The largest absolute Gasteiger partial charge is 0.374 e. The molecule has 15 heavy (non-hydrogen) atoms. The van der Waals surface area contributed by atoms with E-state index in [9.17, 15) is 4.79 Å². The number of rotatable bonds is 3. The van der Waals surface area contributed by atoms with Crippen molar-refractivity contribution in [2.75, 3.05) is 6.61 Å². The summed E-state index contributed by atoms with van der Waals surface area (Å²) >= 11 is 2.04. The monoisotopic (exact) mass is 321 g/mol. The Morgan fingerprint density at radius 2 is 2.13 bits per heavy atom. The lowest BCUT2D eigenvalue weighted by Gasteiger charge is -2.19. The normalized spacial score (nSPS) is 11.7. The van der Waals surface area contributed by atoms with E-state index < -0.39 is 0 Å². The summed E-state index contributed by atoms with van der Waals surface area (Å²) in [6.07, 6.45) is 1.79. The first-order valence-corrected chi connectivity index (χ1v) is 5.97. The van der Waals surface area contributed by atoms with Crippen LogP contribution in [0.5, 0.6) is 0 Å². The molecule has 0 bridgehead atoms. The molecule has 0 atom stereocenters. The van der Waals surface area contributed by atoms with Gasteiger partial charge in [0.2, 0.25) is 0 Å². The number of hydrogen-bond acceptors (Lipinski definition) is 2. The maximum atomic E-state index is 11.6. The fraction of sp³-hybridized carbons (Fsp3) is 0.545. The molecule has 84 valence electrons. The maximum absolute atomic E-state index is 11.6. The molecule has 4 heteroatoms. The lowest BCUT2D eigenvalue weighted by Crippen LogP contribution is -2.27. The fourth-order valence-corrected chi connectivity index (χ4v) is 1.65. The zero-order chi connectivity index (χ0) is 11.5. The Balaban J connectivity index is 2.59. The van der Waals surface area contributed by atoms with Crippen molar-refractivity contribution in [1.82, 2.24) is 4.57 Å². The van der Waals surface area contributed by atoms with Crippen LogP contribution in [-0.4, -0.2) is 16.8 Å². The minimum Gasteiger partial charge on any atom is -0.374 e. The molecule has 3 nitrogen and oxygen atoms in total. The van der Waals surface area contributed by atoms with Crippen molar-refractivity contribution in [2.45, 2.75) is 32.9 Å². The predicted molar refractivity (Wildman–Crippen MR) is 69.1 cm³/mol. The molecule has 0 aliphatic carbocycles. The minimum atomic E-state index is -0.147. The molecule has 1 aromatic rings. The Bertz CT molecular complexity index is 379. The quantitative estimate of drug-likeness (QED) is 0.800. The number of nitrogens with zero attached hydrogens (tertiary/aromatic N) is 1. The third kappa shape index (κ3) is 4.34. The third-order valence-electron chi connectivity index (χ3n) is 1.84. The molecule has 0 amide bonds. The highest BCUT2D eigenvalue weighted by Gasteiger charge is 2.09. The lowest BCUT2D eigenvalue weighted by atomic mass is 10.2. The molecule has 0 spiro atoms. The van der Waals surface area contributed by atoms with E-state index in [0.717, 1.165) is 3.57 Å². The second-order valence-electron chi connectivity index (χ2n) is 4.32. The number of ether oxygens (including phenoxy) is 1. The second-order valence-corrected chi connectivity index (χ2v) is 5.48. The first kappa shape index (κ1) is 12.7. The van der Waals surface area contributed by atoms with Crippen molar-refractivity contribution in [1.29, 1.82) is 0 Å². The molecule has 0 saturated heterocycles. The van der Waals surface area contributed by atoms with Crippen LogP contribution in [0.4, 0.5) is 0 Å². The molecule has 1 aromatic heterocycles. The van der Waals surface area contributed by atoms with E-state index in [1.807, 2.05) is 55.5 Å². The standard InChI is InChI=1S/C11H16INO2/c1-11(2,3)15-8-7-13-6-4-5-9(12)10(13)14/h4-6H,7-8H2,1-3H3. The highest BCUT2D eigenvalue weighted by Crippen LogP contribution is 2.06. The van der Waals surface area contributed by atoms with Crippen molar-refractivity contribution in [2.24, 2.45) is 0 Å². The summed E-state index contributed by atoms with van der Waals surface area (Å²) in [6, 6.07) is 3.68. The van der Waals surface area contributed by atoms with E-state index in [0.29, 0.717) is 13.2 Å². The number of hydrogen-bond donors (Lipinski definition) is 0. The predicted octanol–water partition coefficient (Wildman–Crippen LogP) is 2.27. The van der Waals surface area contributed by atoms with Gasteiger partial charge in [-0.1, -0.05) is 0 Å². The van der Waals surface area contributed by atoms with E-state index in [4.69, 9.17) is 4.74 Å². The van der Waals surface area contributed by atoms with Gasteiger partial charge >= 0.3 is 0 Å². The van der Waals surface area contributed by atoms with Crippen molar-refractivity contribution in [3.8, 4) is 0 Å². The zero-order valence-corrected chi connectivity index (χ0v) is 11.4. The summed E-state index contributed by atoms with van der Waals surface area (Å²) in [6.45, 7) is 7.18. The van der Waals surface area contributed by atoms with Crippen LogP contribution >= 0.6 is 22.6 Å². The van der Waals surface area contributed by atoms with Crippen LogP contribution in [0.1, 0.15) is 20.8 Å². The van der Waals surface area contributed by atoms with E-state index in [1.165, 1.54) is 0 Å². The summed E-state index contributed by atoms with van der Waals surface area (Å²) < 4.78 is 7.98. The summed E-state index contributed by atoms with van der Waals surface area (Å²) in [7, 11) is 0. The summed E-state index contributed by atoms with van der Waals surface area (Å²) in [5, 5.41) is 0. The first-order chi connectivity index (χ1) is 6.90. The number of halogens is 1. The SMILES string of the molecule is CC(C)(C)OCCn1cccc(I)c1=O. The molecule has 0 radical (unpaired) electrons. The Hall–Kier alpha value is -0.360. The van der Waals surface area contributed by atoms with Gasteiger partial charge in [-0.05, 0) is 55.5 Å². The van der Waals surface area contributed by atoms with Crippen LogP contribution in [0.2, 0.25) is 0 Å². The highest BCUT2D eigenvalue weighted by molar-refractivity contribution is 14.1. The lowest BCUT2D eigenvalue weighted by molar-refractivity contribution is -0.00714. The summed E-state index contributed by atoms with van der Waals surface area (Å²) in [5.41, 5.74) is -0.0958. The van der Waals surface area contributed by atoms with Crippen LogP contribution < -0.4 is 5.56 Å². The van der Waals surface area contributed by atoms with Gasteiger partial charge in [0.05, 0.1) is 15.8 Å². The average Bonchev–Trinajstić information content (AvgIpc) is 2.10. The van der Waals surface area contributed by atoms with E-state index in [2.05, 4.69) is 0 Å². The van der Waals surface area contributed by atoms with Crippen molar-refractivity contribution in [3.63, 3.8) is 0 Å². The van der Waals surface area contributed by atoms with Gasteiger partial charge in [-0.15, -0.1) is 0 Å². The van der Waals surface area contributed by atoms with Gasteiger partial charge in [0.15, 0.2) is 0 Å². The molecule has 0 aliphatic heterocycles. The first-order valence-electron chi connectivity index (χ1n) is 4.89. The smallest absolute Gasteiger partial charge is 0.264 e. The van der Waals surface area contributed by atoms with Crippen molar-refractivity contribution >= 4 is 22.6 Å². The van der Waals surface area contributed by atoms with Crippen LogP contribution in [0.3, 0.4) is 0 Å². The maximum Gasteiger partial charge on any atom is 0.264 e. The van der Waals surface area contributed by atoms with Crippen LogP contribution in [0.25, 0.3) is 0 Å². The fourth-order valence-electron chi connectivity index (χ4n) is 1.13. The second kappa shape index (κ2) is 5.12. The Kier molecular flexibility index (Phi) is 4.33. The molecule has 0 unspecified atom stereocenters. The Labute approximate surface area is 104 Å². The van der Waals surface area contributed by atoms with Crippen LogP contribution in [-0.2, 0) is 11.3 Å². The van der Waals surface area contributed by atoms with Gasteiger partial charge < -0.3 is 9.30 Å². The molecule has 0 N–H and O–H groups in total. The minimum absolute atomic E-state index is 0.0515. The third-order valence-corrected chi connectivity index (χ3v) is 2.66. The summed E-state index contributed by atoms with van der Waals surface area (Å²) in [4.78, 5) is 11.6. The highest BCUT2D eigenvalue weighted by atomic mass is 127. The molecule has 0 fully saturated rings. The molecular weight excluding hydrogens is 305 g/mol. The van der Waals surface area contributed by atoms with E-state index in [1.54, 1.807) is 10.8 Å². The Morgan fingerprint density at radius 1 is 1.47 bits per heavy atom. The van der Waals surface area contributed by atoms with Crippen molar-refractivity contribution in [3.05, 3.63) is 32.3 Å². The Morgan fingerprint density at radius 3 is 2.73 bits per heavy atom. The molecule has 1 heterocycles. The summed E-state index contributed by atoms with van der Waals surface area (Å²) in [5.74, 6) is 0. The van der Waals surface area contributed by atoms with Gasteiger partial charge in [-0.25, -0.2) is 0 Å². The van der Waals surface area contributed by atoms with Crippen molar-refractivity contribution < 1.29 is 4.74 Å². The number of aromatic nitrogens is 1. The van der Waals surface area contributed by atoms with Crippen LogP contribution in [0, 0.1) is 3.57 Å². The zero-order valence-electron chi connectivity index (χ0n) is 9.29. The van der Waals surface area contributed by atoms with Gasteiger partial charge in [-0.3, -0.25) is 4.79 Å². The molecule has 0 aromatic carbocycles. The molecule has 0 saturated carbocycles. The van der Waals surface area contributed by atoms with E-state index >= 15 is 0 Å². The molecule has 1 rings (SSSR count). The van der Waals surface area contributed by atoms with Gasteiger partial charge in [-0.2, -0.15) is 0 Å². The van der Waals surface area contributed by atoms with Gasteiger partial charge in [0.1, 0.15) is 0 Å². The van der Waals surface area contributed by atoms with Gasteiger partial charge in [0, 0.05) is 12.7 Å².